The molecule has 1 rings (SSSR count). The molecule has 3 radical (unpaired) electrons. The third-order valence-corrected chi connectivity index (χ3v) is 3.79. The first kappa shape index (κ1) is 13.0. The molecule has 0 saturated heterocycles. The van der Waals surface area contributed by atoms with Crippen molar-refractivity contribution in [3.05, 3.63) is 29.6 Å². The van der Waals surface area contributed by atoms with Crippen LogP contribution in [0.1, 0.15) is 51.8 Å². The van der Waals surface area contributed by atoms with E-state index < -0.39 is 0 Å². The first-order valence-corrected chi connectivity index (χ1v) is 6.96. The molecule has 0 saturated carbocycles. The molecule has 81 valence electrons. The number of aromatic nitrogens is 1. The molecule has 0 bridgehead atoms. The van der Waals surface area contributed by atoms with Crippen molar-refractivity contribution in [3.63, 3.8) is 0 Å². The topological polar surface area (TPSA) is 12.9 Å². The maximum atomic E-state index is 4.48. The van der Waals surface area contributed by atoms with Gasteiger partial charge in [-0.15, -0.1) is 0 Å². The summed E-state index contributed by atoms with van der Waals surface area (Å²) in [7, 11) is 0. The van der Waals surface area contributed by atoms with Crippen LogP contribution in [-0.4, -0.2) is 27.5 Å². The van der Waals surface area contributed by atoms with Gasteiger partial charge >= 0.3 is 107 Å². The normalized spacial score (nSPS) is 14.3. The second kappa shape index (κ2) is 4.85. The number of pyridine rings is 1. The van der Waals surface area contributed by atoms with E-state index >= 15 is 0 Å². The Morgan fingerprint density at radius 2 is 1.87 bits per heavy atom. The number of hydrogen-bond acceptors (Lipinski definition) is 1. The Morgan fingerprint density at radius 3 is 2.33 bits per heavy atom. The number of nitrogens with zero attached hydrogens (tertiary/aromatic N) is 1. The molecule has 0 aliphatic carbocycles. The van der Waals surface area contributed by atoms with Crippen molar-refractivity contribution in [1.82, 2.24) is 4.98 Å². The van der Waals surface area contributed by atoms with Gasteiger partial charge in [-0.25, -0.2) is 0 Å². The van der Waals surface area contributed by atoms with E-state index in [1.165, 1.54) is 11.3 Å². The zero-order valence-electron chi connectivity index (χ0n) is 10.3. The molecule has 0 spiro atoms. The molecule has 1 unspecified atom stereocenters. The molecular weight excluding hydrogens is 289 g/mol. The minimum absolute atomic E-state index is 0.307. The van der Waals surface area contributed by atoms with Crippen molar-refractivity contribution >= 4 is 22.5 Å². The summed E-state index contributed by atoms with van der Waals surface area (Å²) in [6.45, 7) is 11.3. The first-order valence-electron chi connectivity index (χ1n) is 5.54. The molecule has 1 aromatic rings. The quantitative estimate of drug-likeness (QED) is 0.781. The molecule has 0 amide bonds. The summed E-state index contributed by atoms with van der Waals surface area (Å²) in [5.74, 6) is 1.20. The van der Waals surface area contributed by atoms with Crippen LogP contribution in [0.5, 0.6) is 0 Å². The van der Waals surface area contributed by atoms with Crippen LogP contribution in [0, 0.1) is 5.92 Å². The zero-order chi connectivity index (χ0) is 11.6. The Labute approximate surface area is 107 Å². The van der Waals surface area contributed by atoms with E-state index in [4.69, 9.17) is 0 Å². The molecule has 0 aliphatic rings. The summed E-state index contributed by atoms with van der Waals surface area (Å²) in [6.07, 6.45) is 1.95. The van der Waals surface area contributed by atoms with Gasteiger partial charge in [-0.3, -0.25) is 0 Å². The standard InChI is InChI=1S/C13H20N.Sn/c1-9(2)11(5)13-8-12(10(3)4)6-7-14-13;/h6-9,11H,1-5H3;. The Bertz CT molecular complexity index is 326. The van der Waals surface area contributed by atoms with Crippen LogP contribution in [0.15, 0.2) is 18.3 Å². The summed E-state index contributed by atoms with van der Waals surface area (Å²) < 4.78 is 0.307. The molecular formula is C13H20NSn. The summed E-state index contributed by atoms with van der Waals surface area (Å²) in [4.78, 5) is 4.48. The van der Waals surface area contributed by atoms with E-state index in [0.717, 1.165) is 0 Å². The van der Waals surface area contributed by atoms with E-state index in [1.807, 2.05) is 6.20 Å². The van der Waals surface area contributed by atoms with Gasteiger partial charge in [-0.2, -0.15) is 0 Å². The average molecular weight is 309 g/mol. The van der Waals surface area contributed by atoms with E-state index in [1.54, 1.807) is 22.5 Å². The van der Waals surface area contributed by atoms with Crippen molar-refractivity contribution in [2.45, 2.75) is 44.0 Å². The van der Waals surface area contributed by atoms with E-state index in [0.29, 0.717) is 15.3 Å². The van der Waals surface area contributed by atoms with Crippen molar-refractivity contribution < 1.29 is 0 Å². The van der Waals surface area contributed by atoms with Crippen LogP contribution in [0.3, 0.4) is 0 Å². The van der Waals surface area contributed by atoms with Crippen LogP contribution >= 0.6 is 0 Å². The summed E-state index contributed by atoms with van der Waals surface area (Å²) >= 11 is 1.55. The van der Waals surface area contributed by atoms with E-state index in [-0.39, 0.29) is 0 Å². The van der Waals surface area contributed by atoms with Gasteiger partial charge in [-0.05, 0) is 0 Å². The van der Waals surface area contributed by atoms with Crippen LogP contribution in [0.4, 0.5) is 0 Å². The fourth-order valence-electron chi connectivity index (χ4n) is 1.43. The predicted molar refractivity (Wildman–Crippen MR) is 66.3 cm³/mol. The van der Waals surface area contributed by atoms with E-state index in [9.17, 15) is 0 Å². The second-order valence-corrected chi connectivity index (χ2v) is 8.69. The van der Waals surface area contributed by atoms with Crippen molar-refractivity contribution in [2.75, 3.05) is 0 Å². The van der Waals surface area contributed by atoms with Gasteiger partial charge in [0.2, 0.25) is 0 Å². The van der Waals surface area contributed by atoms with Crippen molar-refractivity contribution in [1.29, 1.82) is 0 Å². The molecule has 1 nitrogen and oxygen atoms in total. The van der Waals surface area contributed by atoms with Crippen LogP contribution < -0.4 is 0 Å². The molecule has 0 aliphatic heterocycles. The predicted octanol–water partition coefficient (Wildman–Crippen LogP) is 3.24. The van der Waals surface area contributed by atoms with Crippen molar-refractivity contribution in [2.24, 2.45) is 5.92 Å². The fraction of sp³-hybridized carbons (Fsp3) is 0.615. The maximum absolute atomic E-state index is 4.48. The van der Waals surface area contributed by atoms with Crippen LogP contribution in [0.2, 0.25) is 0 Å². The average Bonchev–Trinajstić information content (AvgIpc) is 2.15. The minimum atomic E-state index is 0.307. The van der Waals surface area contributed by atoms with Gasteiger partial charge in [0.25, 0.3) is 0 Å². The Kier molecular flexibility index (Phi) is 4.21. The summed E-state index contributed by atoms with van der Waals surface area (Å²) in [6, 6.07) is 4.42. The Morgan fingerprint density at radius 1 is 1.27 bits per heavy atom. The number of rotatable bonds is 3. The van der Waals surface area contributed by atoms with Gasteiger partial charge < -0.3 is 0 Å². The Balaban J connectivity index is 3.03. The van der Waals surface area contributed by atoms with Gasteiger partial charge in [0, 0.05) is 0 Å². The molecule has 1 heterocycles. The molecule has 1 atom stereocenters. The molecule has 0 fully saturated rings. The zero-order valence-corrected chi connectivity index (χ0v) is 13.2. The van der Waals surface area contributed by atoms with Crippen molar-refractivity contribution in [3.8, 4) is 0 Å². The molecule has 1 aromatic heterocycles. The van der Waals surface area contributed by atoms with E-state index in [2.05, 4.69) is 51.7 Å². The molecule has 15 heavy (non-hydrogen) atoms. The number of hydrogen-bond donors (Lipinski definition) is 0. The van der Waals surface area contributed by atoms with Gasteiger partial charge in [0.05, 0.1) is 0 Å². The summed E-state index contributed by atoms with van der Waals surface area (Å²) in [5.41, 5.74) is 2.65. The SMILES string of the molecule is CC(C)C(C)c1cc([C](C)(C)[Sn])ccn1. The molecule has 2 heteroatoms. The van der Waals surface area contributed by atoms with Gasteiger partial charge in [0.1, 0.15) is 0 Å². The third kappa shape index (κ3) is 3.47. The summed E-state index contributed by atoms with van der Waals surface area (Å²) in [5, 5.41) is 0. The molecule has 0 aromatic carbocycles. The Hall–Kier alpha value is -0.0513. The second-order valence-electron chi connectivity index (χ2n) is 5.13. The monoisotopic (exact) mass is 310 g/mol. The fourth-order valence-corrected chi connectivity index (χ4v) is 1.87. The van der Waals surface area contributed by atoms with Crippen LogP contribution in [-0.2, 0) is 3.43 Å². The van der Waals surface area contributed by atoms with Gasteiger partial charge in [-0.1, -0.05) is 0 Å². The third-order valence-electron chi connectivity index (χ3n) is 2.97. The first-order chi connectivity index (χ1) is 6.82. The van der Waals surface area contributed by atoms with Crippen LogP contribution in [0.25, 0.3) is 0 Å². The van der Waals surface area contributed by atoms with Gasteiger partial charge in [0.15, 0.2) is 0 Å². The molecule has 0 N–H and O–H groups in total.